The predicted octanol–water partition coefficient (Wildman–Crippen LogP) is 6.68. The second-order valence-electron chi connectivity index (χ2n) is 7.64. The van der Waals surface area contributed by atoms with Crippen molar-refractivity contribution in [2.75, 3.05) is 6.61 Å². The maximum Gasteiger partial charge on any atom is 0.140 e. The van der Waals surface area contributed by atoms with Crippen molar-refractivity contribution in [1.82, 2.24) is 0 Å². The van der Waals surface area contributed by atoms with Gasteiger partial charge in [0.05, 0.1) is 6.61 Å². The number of rotatable bonds is 11. The number of carbonyl (C=O) groups excluding carboxylic acids is 1. The van der Waals surface area contributed by atoms with Crippen molar-refractivity contribution in [3.05, 3.63) is 29.8 Å². The molecule has 0 spiro atoms. The van der Waals surface area contributed by atoms with Crippen LogP contribution in [0.15, 0.2) is 24.3 Å². The summed E-state index contributed by atoms with van der Waals surface area (Å²) in [5.41, 5.74) is 1.18. The third-order valence-electron chi connectivity index (χ3n) is 5.51. The Morgan fingerprint density at radius 2 is 1.64 bits per heavy atom. The van der Waals surface area contributed by atoms with Crippen molar-refractivity contribution in [2.24, 2.45) is 5.92 Å². The molecule has 2 heteroatoms. The molecule has 1 aliphatic rings. The van der Waals surface area contributed by atoms with Crippen LogP contribution in [0.1, 0.15) is 96.0 Å². The molecule has 2 nitrogen and oxygen atoms in total. The fourth-order valence-electron chi connectivity index (χ4n) is 3.88. The lowest BCUT2D eigenvalue weighted by atomic mass is 9.76. The van der Waals surface area contributed by atoms with Gasteiger partial charge in [0.1, 0.15) is 11.5 Å². The fourth-order valence-corrected chi connectivity index (χ4v) is 3.88. The molecule has 1 saturated carbocycles. The molecule has 1 aromatic carbocycles. The number of unbranched alkanes of at least 4 members (excludes halogenated alkanes) is 5. The summed E-state index contributed by atoms with van der Waals surface area (Å²) in [6, 6.07) is 8.28. The van der Waals surface area contributed by atoms with E-state index in [1.165, 1.54) is 56.9 Å². The Kier molecular flexibility index (Phi) is 9.07. The average Bonchev–Trinajstić information content (AvgIpc) is 2.63. The van der Waals surface area contributed by atoms with Crippen LogP contribution in [0.5, 0.6) is 5.75 Å². The topological polar surface area (TPSA) is 26.3 Å². The molecule has 2 rings (SSSR count). The quantitative estimate of drug-likeness (QED) is 0.419. The van der Waals surface area contributed by atoms with Crippen LogP contribution in [-0.4, -0.2) is 12.4 Å². The fraction of sp³-hybridized carbons (Fsp3) is 0.696. The molecule has 1 fully saturated rings. The van der Waals surface area contributed by atoms with Gasteiger partial charge in [0.2, 0.25) is 0 Å². The van der Waals surface area contributed by atoms with Crippen molar-refractivity contribution in [1.29, 1.82) is 0 Å². The van der Waals surface area contributed by atoms with Crippen LogP contribution in [0.25, 0.3) is 0 Å². The molecule has 0 heterocycles. The minimum atomic E-state index is 0.112. The zero-order chi connectivity index (χ0) is 17.9. The first-order chi connectivity index (χ1) is 12.2. The third kappa shape index (κ3) is 6.84. The maximum atomic E-state index is 12.5. The van der Waals surface area contributed by atoms with Crippen LogP contribution in [0.4, 0.5) is 0 Å². The average molecular weight is 345 g/mol. The van der Waals surface area contributed by atoms with Gasteiger partial charge in [-0.05, 0) is 42.9 Å². The van der Waals surface area contributed by atoms with Crippen molar-refractivity contribution < 1.29 is 9.53 Å². The van der Waals surface area contributed by atoms with E-state index < -0.39 is 0 Å². The van der Waals surface area contributed by atoms with E-state index in [9.17, 15) is 4.79 Å². The Bertz CT molecular complexity index is 491. The molecule has 0 radical (unpaired) electrons. The molecular formula is C23H36O2. The van der Waals surface area contributed by atoms with Crippen LogP contribution >= 0.6 is 0 Å². The first-order valence-electron chi connectivity index (χ1n) is 10.5. The number of benzene rings is 1. The predicted molar refractivity (Wildman–Crippen MR) is 105 cm³/mol. The van der Waals surface area contributed by atoms with Gasteiger partial charge in [-0.1, -0.05) is 70.9 Å². The van der Waals surface area contributed by atoms with E-state index in [-0.39, 0.29) is 5.92 Å². The molecule has 1 aliphatic carbocycles. The molecule has 0 aliphatic heterocycles. The Morgan fingerprint density at radius 1 is 0.920 bits per heavy atom. The van der Waals surface area contributed by atoms with Gasteiger partial charge in [-0.15, -0.1) is 0 Å². The highest BCUT2D eigenvalue weighted by molar-refractivity contribution is 5.86. The molecule has 0 aromatic heterocycles. The van der Waals surface area contributed by atoms with Gasteiger partial charge in [0.25, 0.3) is 0 Å². The molecule has 0 N–H and O–H groups in total. The molecular weight excluding hydrogens is 308 g/mol. The summed E-state index contributed by atoms with van der Waals surface area (Å²) >= 11 is 0. The van der Waals surface area contributed by atoms with Crippen LogP contribution in [-0.2, 0) is 4.79 Å². The molecule has 0 amide bonds. The lowest BCUT2D eigenvalue weighted by Crippen LogP contribution is -2.23. The standard InChI is InChI=1S/C23H36O2/c1-3-5-7-8-9-17-25-21-14-12-20(13-15-21)22-16-11-19(10-6-4-2)18-23(22)24/h12-15,19,22H,3-11,16-18H2,1-2H3. The second-order valence-corrected chi connectivity index (χ2v) is 7.64. The van der Waals surface area contributed by atoms with E-state index in [0.717, 1.165) is 31.6 Å². The molecule has 0 saturated heterocycles. The van der Waals surface area contributed by atoms with Gasteiger partial charge < -0.3 is 4.74 Å². The van der Waals surface area contributed by atoms with Crippen LogP contribution in [0, 0.1) is 5.92 Å². The summed E-state index contributed by atoms with van der Waals surface area (Å²) in [5.74, 6) is 2.11. The first-order valence-corrected chi connectivity index (χ1v) is 10.5. The monoisotopic (exact) mass is 344 g/mol. The zero-order valence-electron chi connectivity index (χ0n) is 16.3. The highest BCUT2D eigenvalue weighted by Crippen LogP contribution is 2.35. The van der Waals surface area contributed by atoms with E-state index in [4.69, 9.17) is 4.74 Å². The van der Waals surface area contributed by atoms with E-state index in [1.54, 1.807) is 0 Å². The summed E-state index contributed by atoms with van der Waals surface area (Å²) in [4.78, 5) is 12.5. The Balaban J connectivity index is 1.75. The smallest absolute Gasteiger partial charge is 0.140 e. The van der Waals surface area contributed by atoms with Gasteiger partial charge in [-0.25, -0.2) is 0 Å². The molecule has 140 valence electrons. The van der Waals surface area contributed by atoms with Gasteiger partial charge in [-0.3, -0.25) is 4.79 Å². The van der Waals surface area contributed by atoms with Gasteiger partial charge in [-0.2, -0.15) is 0 Å². The van der Waals surface area contributed by atoms with E-state index >= 15 is 0 Å². The molecule has 2 unspecified atom stereocenters. The normalized spacial score (nSPS) is 20.6. The number of hydrogen-bond acceptors (Lipinski definition) is 2. The minimum Gasteiger partial charge on any atom is -0.494 e. The minimum absolute atomic E-state index is 0.112. The van der Waals surface area contributed by atoms with Gasteiger partial charge in [0.15, 0.2) is 0 Å². The van der Waals surface area contributed by atoms with E-state index in [2.05, 4.69) is 26.0 Å². The Labute approximate surface area is 154 Å². The third-order valence-corrected chi connectivity index (χ3v) is 5.51. The van der Waals surface area contributed by atoms with Crippen molar-refractivity contribution >= 4 is 5.78 Å². The molecule has 2 atom stereocenters. The summed E-state index contributed by atoms with van der Waals surface area (Å²) in [5, 5.41) is 0. The summed E-state index contributed by atoms with van der Waals surface area (Å²) in [7, 11) is 0. The highest BCUT2D eigenvalue weighted by atomic mass is 16.5. The number of hydrogen-bond donors (Lipinski definition) is 0. The SMILES string of the molecule is CCCCCCCOc1ccc(C2CCC(CCCC)CC2=O)cc1. The van der Waals surface area contributed by atoms with Crippen LogP contribution in [0.2, 0.25) is 0 Å². The number of ether oxygens (including phenoxy) is 1. The summed E-state index contributed by atoms with van der Waals surface area (Å²) in [6.07, 6.45) is 13.0. The summed E-state index contributed by atoms with van der Waals surface area (Å²) in [6.45, 7) is 5.26. The number of Topliss-reactive ketones (excluding diaryl/α,β-unsaturated/α-hetero) is 1. The Morgan fingerprint density at radius 3 is 2.32 bits per heavy atom. The number of ketones is 1. The molecule has 0 bridgehead atoms. The van der Waals surface area contributed by atoms with E-state index in [0.29, 0.717) is 11.7 Å². The lowest BCUT2D eigenvalue weighted by Gasteiger charge is -2.27. The Hall–Kier alpha value is -1.31. The highest BCUT2D eigenvalue weighted by Gasteiger charge is 2.29. The lowest BCUT2D eigenvalue weighted by molar-refractivity contribution is -0.123. The number of carbonyl (C=O) groups is 1. The second kappa shape index (κ2) is 11.3. The molecule has 25 heavy (non-hydrogen) atoms. The first kappa shape index (κ1) is 20.0. The summed E-state index contributed by atoms with van der Waals surface area (Å²) < 4.78 is 5.83. The van der Waals surface area contributed by atoms with Gasteiger partial charge >= 0.3 is 0 Å². The molecule has 1 aromatic rings. The maximum absolute atomic E-state index is 12.5. The van der Waals surface area contributed by atoms with Crippen LogP contribution in [0.3, 0.4) is 0 Å². The zero-order valence-corrected chi connectivity index (χ0v) is 16.3. The van der Waals surface area contributed by atoms with Crippen molar-refractivity contribution in [2.45, 2.75) is 90.4 Å². The van der Waals surface area contributed by atoms with E-state index in [1.807, 2.05) is 12.1 Å². The van der Waals surface area contributed by atoms with Gasteiger partial charge in [0, 0.05) is 12.3 Å². The largest absolute Gasteiger partial charge is 0.494 e. The van der Waals surface area contributed by atoms with Crippen molar-refractivity contribution in [3.63, 3.8) is 0 Å². The van der Waals surface area contributed by atoms with Crippen LogP contribution < -0.4 is 4.74 Å². The van der Waals surface area contributed by atoms with Crippen molar-refractivity contribution in [3.8, 4) is 5.75 Å².